The molecular weight excluding hydrogens is 154 g/mol. The molecule has 1 fully saturated rings. The summed E-state index contributed by atoms with van der Waals surface area (Å²) in [5.41, 5.74) is 0. The predicted molar refractivity (Wildman–Crippen MR) is 48.8 cm³/mol. The van der Waals surface area contributed by atoms with E-state index < -0.39 is 0 Å². The second kappa shape index (κ2) is 4.42. The average Bonchev–Trinajstić information content (AvgIpc) is 2.06. The molecule has 0 aromatic rings. The van der Waals surface area contributed by atoms with Crippen molar-refractivity contribution in [2.45, 2.75) is 13.0 Å². The van der Waals surface area contributed by atoms with E-state index >= 15 is 0 Å². The molecule has 1 aliphatic rings. The number of likely N-dealkylation sites (N-methyl/N-ethyl adjacent to an activating group) is 1. The summed E-state index contributed by atoms with van der Waals surface area (Å²) in [7, 11) is 2.13. The first-order valence-corrected chi connectivity index (χ1v) is 4.34. The molecule has 4 nitrogen and oxygen atoms in total. The van der Waals surface area contributed by atoms with Crippen LogP contribution in [0.15, 0.2) is 5.16 Å². The van der Waals surface area contributed by atoms with Crippen LogP contribution in [0.5, 0.6) is 0 Å². The van der Waals surface area contributed by atoms with E-state index in [0.29, 0.717) is 0 Å². The molecule has 4 heteroatoms. The molecule has 0 radical (unpaired) electrons. The normalized spacial score (nSPS) is 24.8. The molecule has 1 N–H and O–H groups in total. The molecule has 0 aromatic carbocycles. The summed E-state index contributed by atoms with van der Waals surface area (Å²) in [6, 6.07) is 0.253. The highest BCUT2D eigenvalue weighted by Crippen LogP contribution is 2.02. The van der Waals surface area contributed by atoms with Gasteiger partial charge in [0.25, 0.3) is 0 Å². The first-order chi connectivity index (χ1) is 5.74. The Morgan fingerprint density at radius 3 is 2.42 bits per heavy atom. The van der Waals surface area contributed by atoms with Gasteiger partial charge in [-0.05, 0) is 14.0 Å². The van der Waals surface area contributed by atoms with Gasteiger partial charge in [0.15, 0.2) is 0 Å². The van der Waals surface area contributed by atoms with Gasteiger partial charge in [-0.25, -0.2) is 0 Å². The lowest BCUT2D eigenvalue weighted by atomic mass is 10.2. The molecule has 0 aromatic heterocycles. The van der Waals surface area contributed by atoms with Gasteiger partial charge in [0.2, 0.25) is 0 Å². The van der Waals surface area contributed by atoms with Gasteiger partial charge in [-0.2, -0.15) is 0 Å². The van der Waals surface area contributed by atoms with Crippen LogP contribution in [0.4, 0.5) is 0 Å². The van der Waals surface area contributed by atoms with Crippen LogP contribution < -0.4 is 0 Å². The summed E-state index contributed by atoms with van der Waals surface area (Å²) in [5, 5.41) is 11.4. The van der Waals surface area contributed by atoms with Crippen LogP contribution in [0, 0.1) is 0 Å². The van der Waals surface area contributed by atoms with E-state index in [9.17, 15) is 0 Å². The maximum Gasteiger partial charge on any atom is 0.0605 e. The molecule has 1 atom stereocenters. The minimum Gasteiger partial charge on any atom is -0.411 e. The Bertz CT molecular complexity index is 152. The maximum atomic E-state index is 8.35. The summed E-state index contributed by atoms with van der Waals surface area (Å²) in [6.07, 6.45) is 1.57. The lowest BCUT2D eigenvalue weighted by Crippen LogP contribution is -2.48. The highest BCUT2D eigenvalue weighted by atomic mass is 16.4. The average molecular weight is 171 g/mol. The van der Waals surface area contributed by atoms with Crippen LogP contribution >= 0.6 is 0 Å². The van der Waals surface area contributed by atoms with E-state index in [1.165, 1.54) is 0 Å². The quantitative estimate of drug-likeness (QED) is 0.363. The van der Waals surface area contributed by atoms with Gasteiger partial charge in [-0.15, -0.1) is 5.16 Å². The number of hydrogen-bond donors (Lipinski definition) is 1. The summed E-state index contributed by atoms with van der Waals surface area (Å²) >= 11 is 0. The van der Waals surface area contributed by atoms with Gasteiger partial charge in [0, 0.05) is 32.2 Å². The molecule has 0 unspecified atom stereocenters. The number of piperazine rings is 1. The third-order valence-corrected chi connectivity index (χ3v) is 2.40. The van der Waals surface area contributed by atoms with Crippen LogP contribution in [-0.2, 0) is 0 Å². The lowest BCUT2D eigenvalue weighted by Gasteiger charge is -2.34. The van der Waals surface area contributed by atoms with Crippen molar-refractivity contribution in [1.29, 1.82) is 0 Å². The summed E-state index contributed by atoms with van der Waals surface area (Å²) in [5.74, 6) is 0. The van der Waals surface area contributed by atoms with Gasteiger partial charge >= 0.3 is 0 Å². The highest BCUT2D eigenvalue weighted by Gasteiger charge is 2.17. The molecule has 70 valence electrons. The third kappa shape index (κ3) is 2.46. The Morgan fingerprint density at radius 1 is 1.33 bits per heavy atom. The Morgan fingerprint density at radius 2 is 1.92 bits per heavy atom. The van der Waals surface area contributed by atoms with Crippen LogP contribution in [0.25, 0.3) is 0 Å². The van der Waals surface area contributed by atoms with Crippen LogP contribution in [-0.4, -0.2) is 60.5 Å². The van der Waals surface area contributed by atoms with Gasteiger partial charge in [0.1, 0.15) is 0 Å². The maximum absolute atomic E-state index is 8.35. The third-order valence-electron chi connectivity index (χ3n) is 2.40. The minimum atomic E-state index is 0.253. The Hall–Kier alpha value is -0.610. The molecule has 1 heterocycles. The Kier molecular flexibility index (Phi) is 3.49. The smallest absolute Gasteiger partial charge is 0.0605 e. The fraction of sp³-hybridized carbons (Fsp3) is 0.875. The molecule has 0 spiro atoms. The van der Waals surface area contributed by atoms with Gasteiger partial charge in [0.05, 0.1) is 6.21 Å². The Balaban J connectivity index is 2.33. The van der Waals surface area contributed by atoms with Crippen molar-refractivity contribution in [1.82, 2.24) is 9.80 Å². The summed E-state index contributed by atoms with van der Waals surface area (Å²) in [6.45, 7) is 6.37. The van der Waals surface area contributed by atoms with Crippen LogP contribution in [0.1, 0.15) is 6.92 Å². The largest absolute Gasteiger partial charge is 0.411 e. The molecule has 1 saturated heterocycles. The monoisotopic (exact) mass is 171 g/mol. The summed E-state index contributed by atoms with van der Waals surface area (Å²) < 4.78 is 0. The van der Waals surface area contributed by atoms with Crippen molar-refractivity contribution >= 4 is 6.21 Å². The molecule has 1 aliphatic heterocycles. The van der Waals surface area contributed by atoms with Gasteiger partial charge < -0.3 is 10.1 Å². The van der Waals surface area contributed by atoms with Crippen molar-refractivity contribution in [3.63, 3.8) is 0 Å². The van der Waals surface area contributed by atoms with Gasteiger partial charge in [-0.1, -0.05) is 0 Å². The first kappa shape index (κ1) is 9.48. The fourth-order valence-corrected chi connectivity index (χ4v) is 1.42. The number of oxime groups is 1. The molecule has 12 heavy (non-hydrogen) atoms. The second-order valence-electron chi connectivity index (χ2n) is 3.34. The van der Waals surface area contributed by atoms with Crippen molar-refractivity contribution in [3.05, 3.63) is 0 Å². The molecule has 0 aliphatic carbocycles. The Labute approximate surface area is 73.5 Å². The summed E-state index contributed by atoms with van der Waals surface area (Å²) in [4.78, 5) is 4.61. The lowest BCUT2D eigenvalue weighted by molar-refractivity contribution is 0.142. The zero-order valence-electron chi connectivity index (χ0n) is 7.77. The zero-order chi connectivity index (χ0) is 8.97. The van der Waals surface area contributed by atoms with E-state index in [-0.39, 0.29) is 6.04 Å². The minimum absolute atomic E-state index is 0.253. The van der Waals surface area contributed by atoms with Crippen molar-refractivity contribution < 1.29 is 5.21 Å². The number of rotatable bonds is 2. The molecular formula is C8H17N3O. The van der Waals surface area contributed by atoms with E-state index in [4.69, 9.17) is 5.21 Å². The highest BCUT2D eigenvalue weighted by molar-refractivity contribution is 5.62. The standard InChI is InChI=1S/C8H17N3O/c1-8(7-9-12)11-5-3-10(2)4-6-11/h7-8,12H,3-6H2,1-2H3/b9-7-/t8-/m1/s1. The molecule has 1 rings (SSSR count). The molecule has 0 bridgehead atoms. The van der Waals surface area contributed by atoms with Crippen LogP contribution in [0.2, 0.25) is 0 Å². The van der Waals surface area contributed by atoms with E-state index in [0.717, 1.165) is 26.2 Å². The molecule has 0 saturated carbocycles. The van der Waals surface area contributed by atoms with Crippen molar-refractivity contribution in [2.75, 3.05) is 33.2 Å². The topological polar surface area (TPSA) is 39.1 Å². The number of nitrogens with zero attached hydrogens (tertiary/aromatic N) is 3. The SMILES string of the molecule is C[C@H](/C=N\O)N1CCN(C)CC1. The van der Waals surface area contributed by atoms with E-state index in [1.807, 2.05) is 6.92 Å². The van der Waals surface area contributed by atoms with Crippen molar-refractivity contribution in [2.24, 2.45) is 5.16 Å². The predicted octanol–water partition coefficient (Wildman–Crippen LogP) is 0.0823. The fourth-order valence-electron chi connectivity index (χ4n) is 1.42. The van der Waals surface area contributed by atoms with E-state index in [1.54, 1.807) is 6.21 Å². The first-order valence-electron chi connectivity index (χ1n) is 4.34. The molecule has 0 amide bonds. The number of hydrogen-bond acceptors (Lipinski definition) is 4. The van der Waals surface area contributed by atoms with E-state index in [2.05, 4.69) is 22.0 Å². The van der Waals surface area contributed by atoms with Crippen LogP contribution in [0.3, 0.4) is 0 Å². The zero-order valence-corrected chi connectivity index (χ0v) is 7.77. The van der Waals surface area contributed by atoms with Gasteiger partial charge in [-0.3, -0.25) is 4.90 Å². The second-order valence-corrected chi connectivity index (χ2v) is 3.34. The van der Waals surface area contributed by atoms with Crippen molar-refractivity contribution in [3.8, 4) is 0 Å².